The summed E-state index contributed by atoms with van der Waals surface area (Å²) in [6, 6.07) is 4.26. The molecule has 2 aliphatic heterocycles. The molecule has 0 bridgehead atoms. The molecule has 1 saturated heterocycles. The van der Waals surface area contributed by atoms with E-state index in [1.165, 1.54) is 16.7 Å². The Bertz CT molecular complexity index is 417. The quantitative estimate of drug-likeness (QED) is 0.778. The Morgan fingerprint density at radius 3 is 3.06 bits per heavy atom. The van der Waals surface area contributed by atoms with Crippen molar-refractivity contribution in [2.45, 2.75) is 25.6 Å². The van der Waals surface area contributed by atoms with Crippen LogP contribution in [0.4, 0.5) is 0 Å². The molecule has 1 N–H and O–H groups in total. The summed E-state index contributed by atoms with van der Waals surface area (Å²) in [4.78, 5) is 0. The molecule has 3 nitrogen and oxygen atoms in total. The number of hydrogen-bond donors (Lipinski definition) is 1. The van der Waals surface area contributed by atoms with Crippen LogP contribution in [0.2, 0.25) is 0 Å². The Balaban J connectivity index is 2.09. The van der Waals surface area contributed by atoms with E-state index >= 15 is 0 Å². The molecule has 2 atom stereocenters. The van der Waals surface area contributed by atoms with Gasteiger partial charge in [-0.25, -0.2) is 0 Å². The standard InChI is InChI=1S/C13H17NO2/c1-8-3-9(15-2)4-10-11-5-14-6-13(11)16-7-12(8)10/h3-4,11,13-14H,5-7H2,1-2H3/t11-,13+/m1/s1. The minimum Gasteiger partial charge on any atom is -0.497 e. The monoisotopic (exact) mass is 219 g/mol. The lowest BCUT2D eigenvalue weighted by Crippen LogP contribution is -2.27. The summed E-state index contributed by atoms with van der Waals surface area (Å²) < 4.78 is 11.2. The van der Waals surface area contributed by atoms with E-state index in [9.17, 15) is 0 Å². The lowest BCUT2D eigenvalue weighted by Gasteiger charge is -2.29. The summed E-state index contributed by atoms with van der Waals surface area (Å²) in [7, 11) is 1.73. The van der Waals surface area contributed by atoms with E-state index in [1.54, 1.807) is 7.11 Å². The minimum atomic E-state index is 0.346. The van der Waals surface area contributed by atoms with Crippen molar-refractivity contribution < 1.29 is 9.47 Å². The van der Waals surface area contributed by atoms with Crippen LogP contribution in [0.3, 0.4) is 0 Å². The maximum absolute atomic E-state index is 5.88. The van der Waals surface area contributed by atoms with E-state index in [2.05, 4.69) is 24.4 Å². The summed E-state index contributed by atoms with van der Waals surface area (Å²) in [6.07, 6.45) is 0.346. The molecule has 0 unspecified atom stereocenters. The zero-order valence-electron chi connectivity index (χ0n) is 9.75. The Kier molecular flexibility index (Phi) is 2.37. The third kappa shape index (κ3) is 1.43. The van der Waals surface area contributed by atoms with E-state index in [0.717, 1.165) is 25.4 Å². The topological polar surface area (TPSA) is 30.5 Å². The van der Waals surface area contributed by atoms with Gasteiger partial charge >= 0.3 is 0 Å². The van der Waals surface area contributed by atoms with Gasteiger partial charge in [0.1, 0.15) is 5.75 Å². The van der Waals surface area contributed by atoms with Gasteiger partial charge in [-0.1, -0.05) is 0 Å². The number of methoxy groups -OCH3 is 1. The van der Waals surface area contributed by atoms with Crippen molar-refractivity contribution in [3.05, 3.63) is 28.8 Å². The van der Waals surface area contributed by atoms with Crippen LogP contribution in [0.1, 0.15) is 22.6 Å². The molecule has 2 aliphatic rings. The average molecular weight is 219 g/mol. The first-order valence-electron chi connectivity index (χ1n) is 5.79. The average Bonchev–Trinajstić information content (AvgIpc) is 2.77. The van der Waals surface area contributed by atoms with Crippen molar-refractivity contribution in [2.24, 2.45) is 0 Å². The fourth-order valence-corrected chi connectivity index (χ4v) is 2.79. The Hall–Kier alpha value is -1.06. The first-order chi connectivity index (χ1) is 7.79. The van der Waals surface area contributed by atoms with E-state index in [4.69, 9.17) is 9.47 Å². The molecule has 86 valence electrons. The molecular weight excluding hydrogens is 202 g/mol. The van der Waals surface area contributed by atoms with Gasteiger partial charge in [-0.15, -0.1) is 0 Å². The fourth-order valence-electron chi connectivity index (χ4n) is 2.79. The maximum Gasteiger partial charge on any atom is 0.119 e. The van der Waals surface area contributed by atoms with Crippen LogP contribution in [-0.4, -0.2) is 26.3 Å². The molecule has 2 heterocycles. The maximum atomic E-state index is 5.88. The number of nitrogens with one attached hydrogen (secondary N) is 1. The molecular formula is C13H17NO2. The number of rotatable bonds is 1. The molecule has 1 aromatic rings. The van der Waals surface area contributed by atoms with Crippen molar-refractivity contribution in [1.82, 2.24) is 5.32 Å². The molecule has 0 amide bonds. The van der Waals surface area contributed by atoms with Crippen LogP contribution in [-0.2, 0) is 11.3 Å². The second-order valence-electron chi connectivity index (χ2n) is 4.63. The van der Waals surface area contributed by atoms with Gasteiger partial charge in [-0.3, -0.25) is 0 Å². The highest BCUT2D eigenvalue weighted by Crippen LogP contribution is 2.37. The Morgan fingerprint density at radius 2 is 2.25 bits per heavy atom. The molecule has 1 aromatic carbocycles. The highest BCUT2D eigenvalue weighted by molar-refractivity contribution is 5.45. The Morgan fingerprint density at radius 1 is 1.38 bits per heavy atom. The summed E-state index contributed by atoms with van der Waals surface area (Å²) in [5.41, 5.74) is 4.04. The molecule has 0 saturated carbocycles. The van der Waals surface area contributed by atoms with Crippen molar-refractivity contribution in [3.63, 3.8) is 0 Å². The number of fused-ring (bicyclic) bond motifs is 3. The molecule has 0 aliphatic carbocycles. The van der Waals surface area contributed by atoms with Crippen LogP contribution in [0.25, 0.3) is 0 Å². The molecule has 1 fully saturated rings. The van der Waals surface area contributed by atoms with Gasteiger partial charge in [-0.05, 0) is 35.7 Å². The fraction of sp³-hybridized carbons (Fsp3) is 0.538. The lowest BCUT2D eigenvalue weighted by molar-refractivity contribution is 0.0295. The summed E-state index contributed by atoms with van der Waals surface area (Å²) in [6.45, 7) is 4.87. The third-order valence-electron chi connectivity index (χ3n) is 3.72. The first-order valence-corrected chi connectivity index (χ1v) is 5.79. The Labute approximate surface area is 95.8 Å². The number of aryl methyl sites for hydroxylation is 1. The zero-order chi connectivity index (χ0) is 11.1. The molecule has 0 spiro atoms. The zero-order valence-corrected chi connectivity index (χ0v) is 9.75. The summed E-state index contributed by atoms with van der Waals surface area (Å²) in [5, 5.41) is 3.40. The molecule has 16 heavy (non-hydrogen) atoms. The highest BCUT2D eigenvalue weighted by atomic mass is 16.5. The number of ether oxygens (including phenoxy) is 2. The van der Waals surface area contributed by atoms with Gasteiger partial charge in [0.15, 0.2) is 0 Å². The normalized spacial score (nSPS) is 27.4. The lowest BCUT2D eigenvalue weighted by atomic mass is 9.87. The molecule has 0 radical (unpaired) electrons. The predicted octanol–water partition coefficient (Wildman–Crippen LogP) is 1.59. The van der Waals surface area contributed by atoms with E-state index in [-0.39, 0.29) is 0 Å². The van der Waals surface area contributed by atoms with Gasteiger partial charge in [0.05, 0.1) is 19.8 Å². The van der Waals surface area contributed by atoms with Crippen LogP contribution < -0.4 is 10.1 Å². The van der Waals surface area contributed by atoms with Gasteiger partial charge in [0, 0.05) is 19.0 Å². The smallest absolute Gasteiger partial charge is 0.119 e. The third-order valence-corrected chi connectivity index (χ3v) is 3.72. The van der Waals surface area contributed by atoms with Crippen LogP contribution in [0, 0.1) is 6.92 Å². The molecule has 3 heteroatoms. The number of hydrogen-bond acceptors (Lipinski definition) is 3. The second kappa shape index (κ2) is 3.75. The van der Waals surface area contributed by atoms with E-state index < -0.39 is 0 Å². The second-order valence-corrected chi connectivity index (χ2v) is 4.63. The van der Waals surface area contributed by atoms with Crippen molar-refractivity contribution in [3.8, 4) is 5.75 Å². The van der Waals surface area contributed by atoms with Gasteiger partial charge in [0.2, 0.25) is 0 Å². The van der Waals surface area contributed by atoms with Gasteiger partial charge in [0.25, 0.3) is 0 Å². The summed E-state index contributed by atoms with van der Waals surface area (Å²) in [5.74, 6) is 1.46. The SMILES string of the molecule is COc1cc(C)c2c(c1)[C@H]1CNC[C@@H]1OC2. The minimum absolute atomic E-state index is 0.346. The molecule has 3 rings (SSSR count). The van der Waals surface area contributed by atoms with Crippen LogP contribution in [0.15, 0.2) is 12.1 Å². The summed E-state index contributed by atoms with van der Waals surface area (Å²) >= 11 is 0. The van der Waals surface area contributed by atoms with E-state index in [1.807, 2.05) is 0 Å². The van der Waals surface area contributed by atoms with Gasteiger partial charge in [-0.2, -0.15) is 0 Å². The van der Waals surface area contributed by atoms with Crippen molar-refractivity contribution >= 4 is 0 Å². The highest BCUT2D eigenvalue weighted by Gasteiger charge is 2.35. The van der Waals surface area contributed by atoms with Crippen molar-refractivity contribution in [1.29, 1.82) is 0 Å². The van der Waals surface area contributed by atoms with Crippen LogP contribution >= 0.6 is 0 Å². The predicted molar refractivity (Wildman–Crippen MR) is 61.9 cm³/mol. The van der Waals surface area contributed by atoms with E-state index in [0.29, 0.717) is 12.0 Å². The van der Waals surface area contributed by atoms with Crippen molar-refractivity contribution in [2.75, 3.05) is 20.2 Å². The van der Waals surface area contributed by atoms with Gasteiger partial charge < -0.3 is 14.8 Å². The first kappa shape index (κ1) is 10.1. The molecule has 0 aromatic heterocycles. The largest absolute Gasteiger partial charge is 0.497 e. The van der Waals surface area contributed by atoms with Crippen LogP contribution in [0.5, 0.6) is 5.75 Å². The number of benzene rings is 1.